The average Bonchev–Trinajstić information content (AvgIpc) is 3.32. The fourth-order valence-electron chi connectivity index (χ4n) is 2.94. The molecule has 6 nitrogen and oxygen atoms in total. The molecule has 4 aromatic rings. The summed E-state index contributed by atoms with van der Waals surface area (Å²) in [5.74, 6) is 0.600. The van der Waals surface area contributed by atoms with Crippen LogP contribution in [0.3, 0.4) is 0 Å². The van der Waals surface area contributed by atoms with Crippen molar-refractivity contribution in [3.8, 4) is 11.3 Å². The Bertz CT molecular complexity index is 1060. The molecule has 0 fully saturated rings. The van der Waals surface area contributed by atoms with Crippen LogP contribution in [0, 0.1) is 6.92 Å². The van der Waals surface area contributed by atoms with E-state index < -0.39 is 0 Å². The van der Waals surface area contributed by atoms with Gasteiger partial charge in [-0.15, -0.1) is 11.3 Å². The van der Waals surface area contributed by atoms with Gasteiger partial charge in [-0.05, 0) is 32.0 Å². The number of para-hydroxylation sites is 2. The number of H-pyrrole nitrogens is 1. The Balaban J connectivity index is 1.55. The molecule has 7 heteroatoms. The third kappa shape index (κ3) is 3.01. The van der Waals surface area contributed by atoms with Gasteiger partial charge in [-0.25, -0.2) is 9.97 Å². The molecule has 1 atom stereocenters. The number of thiazole rings is 1. The number of imidazole rings is 1. The van der Waals surface area contributed by atoms with E-state index >= 15 is 0 Å². The quantitative estimate of drug-likeness (QED) is 0.577. The van der Waals surface area contributed by atoms with Gasteiger partial charge in [0.2, 0.25) is 0 Å². The molecule has 1 amide bonds. The topological polar surface area (TPSA) is 75.6 Å². The number of rotatable bonds is 4. The summed E-state index contributed by atoms with van der Waals surface area (Å²) in [6, 6.07) is 9.47. The van der Waals surface area contributed by atoms with Crippen LogP contribution in [0.5, 0.6) is 0 Å². The molecule has 132 valence electrons. The molecule has 0 aliphatic heterocycles. The van der Waals surface area contributed by atoms with Gasteiger partial charge in [-0.1, -0.05) is 12.1 Å². The molecular weight excluding hydrogens is 346 g/mol. The zero-order valence-electron chi connectivity index (χ0n) is 14.8. The van der Waals surface area contributed by atoms with Crippen molar-refractivity contribution in [1.29, 1.82) is 0 Å². The monoisotopic (exact) mass is 365 g/mol. The smallest absolute Gasteiger partial charge is 0.268 e. The molecule has 1 aromatic carbocycles. The van der Waals surface area contributed by atoms with Crippen molar-refractivity contribution in [3.63, 3.8) is 0 Å². The van der Waals surface area contributed by atoms with Gasteiger partial charge >= 0.3 is 0 Å². The van der Waals surface area contributed by atoms with E-state index in [1.165, 1.54) is 0 Å². The van der Waals surface area contributed by atoms with Crippen molar-refractivity contribution >= 4 is 28.3 Å². The standard InChI is InChI=1S/C19H19N5OS/c1-11(18-22-14-6-4-5-7-15(14)23-18)20-19(25)17-8-13(9-24(17)3)16-10-26-12(2)21-16/h4-11H,1-3H3,(H,20,25)(H,22,23)/t11-/m0/s1. The van der Waals surface area contributed by atoms with Crippen LogP contribution in [0.1, 0.15) is 34.3 Å². The summed E-state index contributed by atoms with van der Waals surface area (Å²) >= 11 is 1.60. The van der Waals surface area contributed by atoms with Crippen molar-refractivity contribution in [2.75, 3.05) is 0 Å². The van der Waals surface area contributed by atoms with Gasteiger partial charge < -0.3 is 14.9 Å². The van der Waals surface area contributed by atoms with Gasteiger partial charge in [0.05, 0.1) is 27.8 Å². The fraction of sp³-hybridized carbons (Fsp3) is 0.211. The summed E-state index contributed by atoms with van der Waals surface area (Å²) in [5, 5.41) is 6.02. The summed E-state index contributed by atoms with van der Waals surface area (Å²) in [6.07, 6.45) is 1.93. The zero-order chi connectivity index (χ0) is 18.3. The number of amides is 1. The number of fused-ring (bicyclic) bond motifs is 1. The van der Waals surface area contributed by atoms with Crippen LogP contribution < -0.4 is 5.32 Å². The van der Waals surface area contributed by atoms with Crippen LogP contribution in [0.4, 0.5) is 0 Å². The minimum absolute atomic E-state index is 0.140. The van der Waals surface area contributed by atoms with E-state index in [-0.39, 0.29) is 11.9 Å². The van der Waals surface area contributed by atoms with Crippen LogP contribution >= 0.6 is 11.3 Å². The highest BCUT2D eigenvalue weighted by Gasteiger charge is 2.18. The van der Waals surface area contributed by atoms with Gasteiger partial charge in [-0.2, -0.15) is 0 Å². The van der Waals surface area contributed by atoms with E-state index in [0.717, 1.165) is 33.1 Å². The molecule has 4 rings (SSSR count). The lowest BCUT2D eigenvalue weighted by Gasteiger charge is -2.11. The summed E-state index contributed by atoms with van der Waals surface area (Å²) in [4.78, 5) is 25.0. The van der Waals surface area contributed by atoms with Crippen molar-refractivity contribution in [3.05, 3.63) is 58.4 Å². The normalized spacial score (nSPS) is 12.4. The van der Waals surface area contributed by atoms with Crippen molar-refractivity contribution < 1.29 is 4.79 Å². The molecule has 0 bridgehead atoms. The first-order valence-corrected chi connectivity index (χ1v) is 9.23. The van der Waals surface area contributed by atoms with E-state index in [2.05, 4.69) is 20.3 Å². The predicted octanol–water partition coefficient (Wildman–Crippen LogP) is 3.82. The first kappa shape index (κ1) is 16.5. The summed E-state index contributed by atoms with van der Waals surface area (Å²) < 4.78 is 1.82. The van der Waals surface area contributed by atoms with E-state index in [9.17, 15) is 4.79 Å². The summed E-state index contributed by atoms with van der Waals surface area (Å²) in [6.45, 7) is 3.89. The van der Waals surface area contributed by atoms with Crippen molar-refractivity contribution in [2.24, 2.45) is 7.05 Å². The number of hydrogen-bond donors (Lipinski definition) is 2. The second-order valence-corrected chi connectivity index (χ2v) is 7.37. The average molecular weight is 365 g/mol. The van der Waals surface area contributed by atoms with Crippen LogP contribution in [-0.4, -0.2) is 25.4 Å². The number of aromatic amines is 1. The second kappa shape index (κ2) is 6.42. The molecule has 0 spiro atoms. The highest BCUT2D eigenvalue weighted by molar-refractivity contribution is 7.09. The van der Waals surface area contributed by atoms with Gasteiger partial charge in [0, 0.05) is 24.2 Å². The third-order valence-corrected chi connectivity index (χ3v) is 5.09. The van der Waals surface area contributed by atoms with Crippen LogP contribution in [0.2, 0.25) is 0 Å². The SMILES string of the molecule is Cc1nc(-c2cc(C(=O)N[C@@H](C)c3nc4ccccc4[nH]3)n(C)c2)cs1. The highest BCUT2D eigenvalue weighted by Crippen LogP contribution is 2.24. The number of hydrogen-bond acceptors (Lipinski definition) is 4. The largest absolute Gasteiger partial charge is 0.346 e. The number of aryl methyl sites for hydroxylation is 2. The van der Waals surface area contributed by atoms with E-state index in [1.807, 2.05) is 67.4 Å². The van der Waals surface area contributed by atoms with Gasteiger partial charge in [0.1, 0.15) is 11.5 Å². The maximum Gasteiger partial charge on any atom is 0.268 e. The van der Waals surface area contributed by atoms with Crippen molar-refractivity contribution in [1.82, 2.24) is 24.8 Å². The minimum atomic E-state index is -0.227. The number of nitrogens with one attached hydrogen (secondary N) is 2. The van der Waals surface area contributed by atoms with E-state index in [4.69, 9.17) is 0 Å². The lowest BCUT2D eigenvalue weighted by Crippen LogP contribution is -2.28. The minimum Gasteiger partial charge on any atom is -0.346 e. The summed E-state index contributed by atoms with van der Waals surface area (Å²) in [7, 11) is 1.86. The van der Waals surface area contributed by atoms with E-state index in [1.54, 1.807) is 11.3 Å². The Labute approximate surface area is 154 Å². The molecule has 2 N–H and O–H groups in total. The Kier molecular flexibility index (Phi) is 4.08. The number of benzene rings is 1. The first-order valence-electron chi connectivity index (χ1n) is 8.35. The Morgan fingerprint density at radius 2 is 2.12 bits per heavy atom. The van der Waals surface area contributed by atoms with Crippen molar-refractivity contribution in [2.45, 2.75) is 19.9 Å². The molecule has 3 aromatic heterocycles. The Morgan fingerprint density at radius 3 is 2.85 bits per heavy atom. The van der Waals surface area contributed by atoms with Gasteiger partial charge in [0.15, 0.2) is 0 Å². The van der Waals surface area contributed by atoms with E-state index in [0.29, 0.717) is 5.69 Å². The lowest BCUT2D eigenvalue weighted by molar-refractivity contribution is 0.0930. The molecule has 26 heavy (non-hydrogen) atoms. The molecule has 0 radical (unpaired) electrons. The van der Waals surface area contributed by atoms with Gasteiger partial charge in [-0.3, -0.25) is 4.79 Å². The van der Waals surface area contributed by atoms with Crippen LogP contribution in [0.25, 0.3) is 22.3 Å². The maximum absolute atomic E-state index is 12.7. The summed E-state index contributed by atoms with van der Waals surface area (Å²) in [5.41, 5.74) is 4.28. The highest BCUT2D eigenvalue weighted by atomic mass is 32.1. The number of carbonyl (C=O) groups is 1. The lowest BCUT2D eigenvalue weighted by atomic mass is 10.2. The Morgan fingerprint density at radius 1 is 1.31 bits per heavy atom. The maximum atomic E-state index is 12.7. The number of nitrogens with zero attached hydrogens (tertiary/aromatic N) is 3. The first-order chi connectivity index (χ1) is 12.5. The zero-order valence-corrected chi connectivity index (χ0v) is 15.6. The predicted molar refractivity (Wildman–Crippen MR) is 103 cm³/mol. The van der Waals surface area contributed by atoms with Crippen LogP contribution in [0.15, 0.2) is 41.9 Å². The number of aromatic nitrogens is 4. The molecule has 0 aliphatic carbocycles. The fourth-order valence-corrected chi connectivity index (χ4v) is 3.56. The molecule has 0 saturated carbocycles. The molecule has 0 saturated heterocycles. The van der Waals surface area contributed by atoms with Crippen LogP contribution in [-0.2, 0) is 7.05 Å². The molecule has 0 aliphatic rings. The molecule has 3 heterocycles. The van der Waals surface area contributed by atoms with Gasteiger partial charge in [0.25, 0.3) is 5.91 Å². The molecule has 0 unspecified atom stereocenters. The Hall–Kier alpha value is -2.93. The molecular formula is C19H19N5OS. The third-order valence-electron chi connectivity index (χ3n) is 4.32. The number of carbonyl (C=O) groups excluding carboxylic acids is 1. The second-order valence-electron chi connectivity index (χ2n) is 6.31.